The molecule has 1 aliphatic carbocycles. The first-order chi connectivity index (χ1) is 11.2. The zero-order valence-corrected chi connectivity index (χ0v) is 12.9. The highest BCUT2D eigenvalue weighted by atomic mass is 19.1. The van der Waals surface area contributed by atoms with Crippen LogP contribution in [0.1, 0.15) is 23.5 Å². The fourth-order valence-corrected chi connectivity index (χ4v) is 2.65. The monoisotopic (exact) mass is 315 g/mol. The largest absolute Gasteiger partial charge is 0.353 e. The molecule has 2 aromatic carbocycles. The van der Waals surface area contributed by atoms with Crippen molar-refractivity contribution >= 4 is 5.96 Å². The molecule has 1 saturated carbocycles. The molecule has 0 saturated heterocycles. The van der Waals surface area contributed by atoms with Gasteiger partial charge in [0.15, 0.2) is 5.96 Å². The van der Waals surface area contributed by atoms with E-state index in [-0.39, 0.29) is 12.1 Å². The minimum absolute atomic E-state index is 0.186. The van der Waals surface area contributed by atoms with Crippen LogP contribution in [0.3, 0.4) is 0 Å². The van der Waals surface area contributed by atoms with Gasteiger partial charge in [-0.25, -0.2) is 8.78 Å². The Morgan fingerprint density at radius 1 is 1.17 bits per heavy atom. The topological polar surface area (TPSA) is 36.4 Å². The van der Waals surface area contributed by atoms with Crippen molar-refractivity contribution < 1.29 is 8.78 Å². The fourth-order valence-electron chi connectivity index (χ4n) is 2.65. The molecule has 2 unspecified atom stereocenters. The molecule has 1 fully saturated rings. The first-order valence-electron chi connectivity index (χ1n) is 7.63. The molecule has 0 amide bonds. The van der Waals surface area contributed by atoms with E-state index in [1.54, 1.807) is 7.05 Å². The van der Waals surface area contributed by atoms with Crippen molar-refractivity contribution in [3.63, 3.8) is 0 Å². The minimum atomic E-state index is -0.447. The van der Waals surface area contributed by atoms with Gasteiger partial charge in [-0.2, -0.15) is 0 Å². The Morgan fingerprint density at radius 3 is 2.70 bits per heavy atom. The maximum atomic E-state index is 13.6. The number of nitrogens with one attached hydrogen (secondary N) is 2. The lowest BCUT2D eigenvalue weighted by molar-refractivity contribution is 0.581. The summed E-state index contributed by atoms with van der Waals surface area (Å²) in [6.45, 7) is 0.186. The molecule has 0 radical (unpaired) electrons. The zero-order valence-electron chi connectivity index (χ0n) is 12.9. The first-order valence-corrected chi connectivity index (χ1v) is 7.63. The van der Waals surface area contributed by atoms with Gasteiger partial charge in [0, 0.05) is 31.1 Å². The molecule has 0 bridgehead atoms. The average Bonchev–Trinajstić information content (AvgIpc) is 3.34. The molecule has 23 heavy (non-hydrogen) atoms. The molecule has 5 heteroatoms. The lowest BCUT2D eigenvalue weighted by Gasteiger charge is -2.12. The summed E-state index contributed by atoms with van der Waals surface area (Å²) in [6, 6.07) is 14.1. The van der Waals surface area contributed by atoms with E-state index in [2.05, 4.69) is 27.8 Å². The number of rotatable bonds is 4. The summed E-state index contributed by atoms with van der Waals surface area (Å²) in [5.41, 5.74) is 1.58. The van der Waals surface area contributed by atoms with Gasteiger partial charge in [-0.3, -0.25) is 4.99 Å². The molecule has 0 aliphatic heterocycles. The van der Waals surface area contributed by atoms with Crippen LogP contribution in [0, 0.1) is 11.6 Å². The Bertz CT molecular complexity index is 701. The summed E-state index contributed by atoms with van der Waals surface area (Å²) >= 11 is 0. The summed E-state index contributed by atoms with van der Waals surface area (Å²) in [5.74, 6) is 0.193. The second-order valence-corrected chi connectivity index (χ2v) is 5.67. The van der Waals surface area contributed by atoms with Crippen molar-refractivity contribution in [1.29, 1.82) is 0 Å². The lowest BCUT2D eigenvalue weighted by Crippen LogP contribution is -2.38. The van der Waals surface area contributed by atoms with Crippen LogP contribution in [0.25, 0.3) is 0 Å². The van der Waals surface area contributed by atoms with Gasteiger partial charge in [0.05, 0.1) is 0 Å². The molecule has 0 spiro atoms. The normalized spacial score (nSPS) is 20.2. The molecule has 120 valence electrons. The van der Waals surface area contributed by atoms with Crippen LogP contribution in [0.5, 0.6) is 0 Å². The second kappa shape index (κ2) is 6.77. The first kappa shape index (κ1) is 15.5. The summed E-state index contributed by atoms with van der Waals surface area (Å²) in [6.07, 6.45) is 1.04. The van der Waals surface area contributed by atoms with Crippen molar-refractivity contribution in [2.45, 2.75) is 24.9 Å². The van der Waals surface area contributed by atoms with Crippen LogP contribution in [-0.2, 0) is 6.54 Å². The minimum Gasteiger partial charge on any atom is -0.353 e. The van der Waals surface area contributed by atoms with Gasteiger partial charge in [0.25, 0.3) is 0 Å². The number of hydrogen-bond donors (Lipinski definition) is 2. The molecular weight excluding hydrogens is 296 g/mol. The van der Waals surface area contributed by atoms with E-state index in [1.807, 2.05) is 18.2 Å². The van der Waals surface area contributed by atoms with Crippen LogP contribution in [0.4, 0.5) is 8.78 Å². The van der Waals surface area contributed by atoms with Crippen molar-refractivity contribution in [2.75, 3.05) is 7.05 Å². The Hall–Kier alpha value is -2.43. The van der Waals surface area contributed by atoms with Crippen LogP contribution in [0.2, 0.25) is 0 Å². The molecule has 2 atom stereocenters. The van der Waals surface area contributed by atoms with Crippen molar-refractivity contribution in [1.82, 2.24) is 10.6 Å². The lowest BCUT2D eigenvalue weighted by atomic mass is 10.1. The van der Waals surface area contributed by atoms with E-state index in [0.717, 1.165) is 18.6 Å². The molecule has 0 heterocycles. The molecule has 2 aromatic rings. The summed E-state index contributed by atoms with van der Waals surface area (Å²) in [4.78, 5) is 4.14. The smallest absolute Gasteiger partial charge is 0.191 e. The predicted octanol–water partition coefficient (Wildman–Crippen LogP) is 3.19. The van der Waals surface area contributed by atoms with Gasteiger partial charge in [-0.05, 0) is 30.2 Å². The highest BCUT2D eigenvalue weighted by Gasteiger charge is 2.38. The molecule has 1 aliphatic rings. The fraction of sp³-hybridized carbons (Fsp3) is 0.278. The third-order valence-electron chi connectivity index (χ3n) is 4.02. The Labute approximate surface area is 134 Å². The standard InChI is InChI=1S/C18H19F2N3/c1-21-18(22-11-13-9-14(19)7-8-16(13)20)23-17-10-15(17)12-5-3-2-4-6-12/h2-9,15,17H,10-11H2,1H3,(H2,21,22,23). The highest BCUT2D eigenvalue weighted by molar-refractivity contribution is 5.80. The van der Waals surface area contributed by atoms with E-state index in [1.165, 1.54) is 11.6 Å². The summed E-state index contributed by atoms with van der Waals surface area (Å²) < 4.78 is 26.8. The van der Waals surface area contributed by atoms with Gasteiger partial charge in [-0.15, -0.1) is 0 Å². The Morgan fingerprint density at radius 2 is 1.96 bits per heavy atom. The van der Waals surface area contributed by atoms with Crippen molar-refractivity contribution in [3.05, 3.63) is 71.3 Å². The van der Waals surface area contributed by atoms with Crippen molar-refractivity contribution in [3.8, 4) is 0 Å². The van der Waals surface area contributed by atoms with Gasteiger partial charge in [0.2, 0.25) is 0 Å². The number of aliphatic imine (C=N–C) groups is 1. The number of halogens is 2. The molecule has 3 rings (SSSR count). The molecule has 3 nitrogen and oxygen atoms in total. The maximum absolute atomic E-state index is 13.6. The maximum Gasteiger partial charge on any atom is 0.191 e. The third kappa shape index (κ3) is 3.86. The van der Waals surface area contributed by atoms with E-state index < -0.39 is 11.6 Å². The van der Waals surface area contributed by atoms with Gasteiger partial charge in [0.1, 0.15) is 11.6 Å². The predicted molar refractivity (Wildman–Crippen MR) is 87.3 cm³/mol. The third-order valence-corrected chi connectivity index (χ3v) is 4.02. The zero-order chi connectivity index (χ0) is 16.2. The SMILES string of the molecule is CN=C(NCc1cc(F)ccc1F)NC1CC1c1ccccc1. The highest BCUT2D eigenvalue weighted by Crippen LogP contribution is 2.40. The number of guanidine groups is 1. The van der Waals surface area contributed by atoms with Crippen molar-refractivity contribution in [2.24, 2.45) is 4.99 Å². The van der Waals surface area contributed by atoms with Crippen LogP contribution < -0.4 is 10.6 Å². The van der Waals surface area contributed by atoms with Gasteiger partial charge in [-0.1, -0.05) is 30.3 Å². The number of benzene rings is 2. The van der Waals surface area contributed by atoms with E-state index in [9.17, 15) is 8.78 Å². The van der Waals surface area contributed by atoms with Crippen LogP contribution in [-0.4, -0.2) is 19.0 Å². The Kier molecular flexibility index (Phi) is 4.55. The summed E-state index contributed by atoms with van der Waals surface area (Å²) in [5, 5.41) is 6.35. The van der Waals surface area contributed by atoms with Gasteiger partial charge < -0.3 is 10.6 Å². The molecule has 0 aromatic heterocycles. The van der Waals surface area contributed by atoms with E-state index >= 15 is 0 Å². The molecule has 2 N–H and O–H groups in total. The van der Waals surface area contributed by atoms with Gasteiger partial charge >= 0.3 is 0 Å². The van der Waals surface area contributed by atoms with Crippen LogP contribution >= 0.6 is 0 Å². The average molecular weight is 315 g/mol. The van der Waals surface area contributed by atoms with E-state index in [0.29, 0.717) is 17.9 Å². The van der Waals surface area contributed by atoms with E-state index in [4.69, 9.17) is 0 Å². The summed E-state index contributed by atoms with van der Waals surface area (Å²) in [7, 11) is 1.66. The molecular formula is C18H19F2N3. The quantitative estimate of drug-likeness (QED) is 0.671. The number of nitrogens with zero attached hydrogens (tertiary/aromatic N) is 1. The second-order valence-electron chi connectivity index (χ2n) is 5.67. The Balaban J connectivity index is 1.55. The van der Waals surface area contributed by atoms with Crippen LogP contribution in [0.15, 0.2) is 53.5 Å². The number of hydrogen-bond acceptors (Lipinski definition) is 1.